The molecule has 0 aliphatic carbocycles. The molecule has 0 amide bonds. The molecule has 32 heavy (non-hydrogen) atoms. The van der Waals surface area contributed by atoms with Gasteiger partial charge in [0.15, 0.2) is 15.6 Å². The van der Waals surface area contributed by atoms with Gasteiger partial charge in [-0.05, 0) is 49.6 Å². The van der Waals surface area contributed by atoms with Crippen molar-refractivity contribution >= 4 is 9.84 Å². The van der Waals surface area contributed by atoms with Crippen LogP contribution in [0.5, 0.6) is 5.75 Å². The van der Waals surface area contributed by atoms with Crippen molar-refractivity contribution in [3.63, 3.8) is 0 Å². The molecule has 3 rings (SSSR count). The molecule has 176 valence electrons. The lowest BCUT2D eigenvalue weighted by molar-refractivity contribution is -0.154. The Morgan fingerprint density at radius 1 is 0.938 bits per heavy atom. The van der Waals surface area contributed by atoms with Crippen LogP contribution in [0.4, 0.5) is 0 Å². The minimum absolute atomic E-state index is 0.00293. The quantitative estimate of drug-likeness (QED) is 0.519. The average Bonchev–Trinajstić information content (AvgIpc) is 3.10. The monoisotopic (exact) mass is 462 g/mol. The molecule has 0 saturated carbocycles. The SMILES string of the molecule is COc1ccc(COC[C@H](C)[C@@H]2OC(C)(C)O[C@H]2[C@@H](C)CS(=O)(=O)c2ccccc2)cc1. The Morgan fingerprint density at radius 3 is 2.12 bits per heavy atom. The molecule has 2 aromatic rings. The van der Waals surface area contributed by atoms with Gasteiger partial charge in [0.2, 0.25) is 0 Å². The van der Waals surface area contributed by atoms with Gasteiger partial charge in [-0.3, -0.25) is 0 Å². The van der Waals surface area contributed by atoms with Crippen LogP contribution in [0.25, 0.3) is 0 Å². The highest BCUT2D eigenvalue weighted by Crippen LogP contribution is 2.37. The van der Waals surface area contributed by atoms with Crippen LogP contribution < -0.4 is 4.74 Å². The third-order valence-corrected chi connectivity index (χ3v) is 7.63. The summed E-state index contributed by atoms with van der Waals surface area (Å²) in [4.78, 5) is 0.331. The van der Waals surface area contributed by atoms with E-state index in [2.05, 4.69) is 6.92 Å². The fourth-order valence-electron chi connectivity index (χ4n) is 4.04. The molecule has 1 saturated heterocycles. The second kappa shape index (κ2) is 10.3. The van der Waals surface area contributed by atoms with Gasteiger partial charge in [0.05, 0.1) is 43.2 Å². The number of sulfone groups is 1. The summed E-state index contributed by atoms with van der Waals surface area (Å²) in [5.41, 5.74) is 1.06. The molecule has 1 aliphatic heterocycles. The first kappa shape index (κ1) is 24.7. The van der Waals surface area contributed by atoms with E-state index in [4.69, 9.17) is 18.9 Å². The van der Waals surface area contributed by atoms with Gasteiger partial charge >= 0.3 is 0 Å². The summed E-state index contributed by atoms with van der Waals surface area (Å²) < 4.78 is 49.2. The second-order valence-corrected chi connectivity index (χ2v) is 11.0. The molecule has 1 heterocycles. The van der Waals surface area contributed by atoms with E-state index in [0.717, 1.165) is 11.3 Å². The summed E-state index contributed by atoms with van der Waals surface area (Å²) in [6.45, 7) is 8.65. The Labute approximate surface area is 191 Å². The Balaban J connectivity index is 1.62. The number of ether oxygens (including phenoxy) is 4. The molecule has 2 aromatic carbocycles. The number of rotatable bonds is 10. The summed E-state index contributed by atoms with van der Waals surface area (Å²) in [6, 6.07) is 16.3. The largest absolute Gasteiger partial charge is 0.497 e. The van der Waals surface area contributed by atoms with Crippen LogP contribution in [0.15, 0.2) is 59.5 Å². The summed E-state index contributed by atoms with van der Waals surface area (Å²) in [6.07, 6.45) is -0.607. The van der Waals surface area contributed by atoms with E-state index >= 15 is 0 Å². The molecule has 7 heteroatoms. The fourth-order valence-corrected chi connectivity index (χ4v) is 5.69. The van der Waals surface area contributed by atoms with Gasteiger partial charge in [-0.25, -0.2) is 8.42 Å². The number of methoxy groups -OCH3 is 1. The van der Waals surface area contributed by atoms with Crippen molar-refractivity contribution in [2.45, 2.75) is 57.2 Å². The van der Waals surface area contributed by atoms with Gasteiger partial charge in [0.25, 0.3) is 0 Å². The first-order valence-electron chi connectivity index (χ1n) is 11.0. The highest BCUT2D eigenvalue weighted by molar-refractivity contribution is 7.91. The number of hydrogen-bond acceptors (Lipinski definition) is 6. The Morgan fingerprint density at radius 2 is 1.53 bits per heavy atom. The molecule has 0 N–H and O–H groups in total. The zero-order valence-electron chi connectivity index (χ0n) is 19.5. The zero-order valence-corrected chi connectivity index (χ0v) is 20.3. The van der Waals surface area contributed by atoms with E-state index in [1.165, 1.54) is 0 Å². The predicted octanol–water partition coefficient (Wildman–Crippen LogP) is 4.48. The molecule has 6 nitrogen and oxygen atoms in total. The lowest BCUT2D eigenvalue weighted by Crippen LogP contribution is -2.38. The Bertz CT molecular complexity index is 956. The van der Waals surface area contributed by atoms with Crippen LogP contribution in [0.3, 0.4) is 0 Å². The van der Waals surface area contributed by atoms with Crippen molar-refractivity contribution in [2.75, 3.05) is 19.5 Å². The van der Waals surface area contributed by atoms with Gasteiger partial charge < -0.3 is 18.9 Å². The fraction of sp³-hybridized carbons (Fsp3) is 0.520. The molecular weight excluding hydrogens is 428 g/mol. The molecular formula is C25H34O6S. The Hall–Kier alpha value is -1.93. The van der Waals surface area contributed by atoms with Crippen LogP contribution in [-0.4, -0.2) is 45.9 Å². The van der Waals surface area contributed by atoms with E-state index in [9.17, 15) is 8.42 Å². The number of hydrogen-bond donors (Lipinski definition) is 0. The topological polar surface area (TPSA) is 71.1 Å². The molecule has 0 spiro atoms. The van der Waals surface area contributed by atoms with Gasteiger partial charge in [-0.2, -0.15) is 0 Å². The van der Waals surface area contributed by atoms with Crippen LogP contribution in [0.1, 0.15) is 33.3 Å². The van der Waals surface area contributed by atoms with E-state index in [1.54, 1.807) is 31.4 Å². The minimum Gasteiger partial charge on any atom is -0.497 e. The van der Waals surface area contributed by atoms with Crippen molar-refractivity contribution in [2.24, 2.45) is 11.8 Å². The molecule has 0 unspecified atom stereocenters. The maximum absolute atomic E-state index is 12.9. The average molecular weight is 463 g/mol. The summed E-state index contributed by atoms with van der Waals surface area (Å²) in [5, 5.41) is 0. The molecule has 1 fully saturated rings. The lowest BCUT2D eigenvalue weighted by Gasteiger charge is -2.27. The maximum Gasteiger partial charge on any atom is 0.178 e. The highest BCUT2D eigenvalue weighted by atomic mass is 32.2. The third kappa shape index (κ3) is 6.32. The first-order valence-corrected chi connectivity index (χ1v) is 12.6. The van der Waals surface area contributed by atoms with E-state index < -0.39 is 15.6 Å². The predicted molar refractivity (Wildman–Crippen MR) is 123 cm³/mol. The van der Waals surface area contributed by atoms with Crippen molar-refractivity contribution in [3.8, 4) is 5.75 Å². The van der Waals surface area contributed by atoms with E-state index in [1.807, 2.05) is 51.1 Å². The molecule has 1 aliphatic rings. The van der Waals surface area contributed by atoms with Crippen LogP contribution in [-0.2, 0) is 30.7 Å². The number of benzene rings is 2. The van der Waals surface area contributed by atoms with Crippen molar-refractivity contribution < 1.29 is 27.4 Å². The van der Waals surface area contributed by atoms with Crippen LogP contribution >= 0.6 is 0 Å². The van der Waals surface area contributed by atoms with E-state index in [-0.39, 0.29) is 29.8 Å². The van der Waals surface area contributed by atoms with Gasteiger partial charge in [-0.1, -0.05) is 44.2 Å². The standard InChI is InChI=1S/C25H34O6S/c1-18(15-29-16-20-11-13-21(28-5)14-12-20)23-24(31-25(3,4)30-23)19(2)17-32(26,27)22-9-7-6-8-10-22/h6-14,18-19,23-24H,15-17H2,1-5H3/t18-,19-,23-,24-/m0/s1. The Kier molecular flexibility index (Phi) is 7.98. The van der Waals surface area contributed by atoms with Gasteiger partial charge in [-0.15, -0.1) is 0 Å². The summed E-state index contributed by atoms with van der Waals surface area (Å²) in [5.74, 6) is -0.178. The summed E-state index contributed by atoms with van der Waals surface area (Å²) >= 11 is 0. The minimum atomic E-state index is -3.42. The van der Waals surface area contributed by atoms with Crippen molar-refractivity contribution in [1.29, 1.82) is 0 Å². The lowest BCUT2D eigenvalue weighted by atomic mass is 9.93. The first-order chi connectivity index (χ1) is 15.1. The molecule has 0 radical (unpaired) electrons. The van der Waals surface area contributed by atoms with Gasteiger partial charge in [0.1, 0.15) is 5.75 Å². The van der Waals surface area contributed by atoms with Gasteiger partial charge in [0, 0.05) is 5.92 Å². The van der Waals surface area contributed by atoms with Crippen molar-refractivity contribution in [1.82, 2.24) is 0 Å². The normalized spacial score (nSPS) is 22.4. The van der Waals surface area contributed by atoms with Crippen LogP contribution in [0, 0.1) is 11.8 Å². The summed E-state index contributed by atoms with van der Waals surface area (Å²) in [7, 11) is -1.78. The molecule has 0 aromatic heterocycles. The smallest absolute Gasteiger partial charge is 0.178 e. The molecule has 0 bridgehead atoms. The highest BCUT2D eigenvalue weighted by Gasteiger charge is 2.46. The molecule has 4 atom stereocenters. The van der Waals surface area contributed by atoms with Crippen LogP contribution in [0.2, 0.25) is 0 Å². The second-order valence-electron chi connectivity index (χ2n) is 8.98. The van der Waals surface area contributed by atoms with E-state index in [0.29, 0.717) is 18.1 Å². The maximum atomic E-state index is 12.9. The zero-order chi connectivity index (χ0) is 23.4. The van der Waals surface area contributed by atoms with Crippen molar-refractivity contribution in [3.05, 3.63) is 60.2 Å². The third-order valence-electron chi connectivity index (χ3n) is 5.68.